The van der Waals surface area contributed by atoms with Gasteiger partial charge < -0.3 is 9.47 Å². The maximum atomic E-state index is 5.83. The van der Waals surface area contributed by atoms with E-state index in [4.69, 9.17) is 9.47 Å². The van der Waals surface area contributed by atoms with E-state index in [-0.39, 0.29) is 6.04 Å². The van der Waals surface area contributed by atoms with Crippen molar-refractivity contribution in [2.24, 2.45) is 10.9 Å². The molecule has 3 nitrogen and oxygen atoms in total. The van der Waals surface area contributed by atoms with Crippen LogP contribution in [0.2, 0.25) is 0 Å². The molecule has 1 heterocycles. The molecule has 0 bridgehead atoms. The van der Waals surface area contributed by atoms with E-state index in [1.165, 1.54) is 38.5 Å². The Bertz CT molecular complexity index is 472. The molecule has 1 aliphatic heterocycles. The molecule has 0 aliphatic carbocycles. The second-order valence-corrected chi connectivity index (χ2v) is 6.94. The molecule has 24 heavy (non-hydrogen) atoms. The van der Waals surface area contributed by atoms with Gasteiger partial charge in [-0.1, -0.05) is 70.6 Å². The van der Waals surface area contributed by atoms with Crippen molar-refractivity contribution < 1.29 is 9.47 Å². The fourth-order valence-corrected chi connectivity index (χ4v) is 2.98. The Hall–Kier alpha value is -1.35. The van der Waals surface area contributed by atoms with Gasteiger partial charge in [0.2, 0.25) is 5.90 Å². The molecule has 3 heteroatoms. The Labute approximate surface area is 147 Å². The van der Waals surface area contributed by atoms with Crippen molar-refractivity contribution in [1.82, 2.24) is 0 Å². The zero-order chi connectivity index (χ0) is 17.0. The van der Waals surface area contributed by atoms with E-state index in [0.717, 1.165) is 30.4 Å². The number of rotatable bonds is 12. The highest BCUT2D eigenvalue weighted by Crippen LogP contribution is 2.15. The van der Waals surface area contributed by atoms with Gasteiger partial charge in [-0.2, -0.15) is 0 Å². The summed E-state index contributed by atoms with van der Waals surface area (Å²) in [6.07, 6.45) is 9.32. The number of nitrogens with zero attached hydrogens (tertiary/aromatic N) is 1. The second-order valence-electron chi connectivity index (χ2n) is 6.94. The normalized spacial score (nSPS) is 18.2. The zero-order valence-corrected chi connectivity index (χ0v) is 15.4. The first kappa shape index (κ1) is 19.0. The molecule has 0 fully saturated rings. The summed E-state index contributed by atoms with van der Waals surface area (Å²) in [5, 5.41) is 0. The van der Waals surface area contributed by atoms with Crippen LogP contribution < -0.4 is 0 Å². The van der Waals surface area contributed by atoms with Gasteiger partial charge in [0.25, 0.3) is 0 Å². The Balaban J connectivity index is 1.54. The minimum absolute atomic E-state index is 0.143. The molecule has 0 unspecified atom stereocenters. The minimum Gasteiger partial charge on any atom is -0.475 e. The summed E-state index contributed by atoms with van der Waals surface area (Å²) in [5.41, 5.74) is 1.05. The first-order chi connectivity index (χ1) is 11.8. The first-order valence-electron chi connectivity index (χ1n) is 9.63. The van der Waals surface area contributed by atoms with Gasteiger partial charge in [-0.15, -0.1) is 0 Å². The van der Waals surface area contributed by atoms with E-state index in [1.54, 1.807) is 0 Å². The van der Waals surface area contributed by atoms with Crippen LogP contribution in [-0.4, -0.2) is 31.8 Å². The molecular weight excluding hydrogens is 298 g/mol. The van der Waals surface area contributed by atoms with Gasteiger partial charge in [0, 0.05) is 12.2 Å². The monoisotopic (exact) mass is 331 g/mol. The third-order valence-corrected chi connectivity index (χ3v) is 4.60. The van der Waals surface area contributed by atoms with Crippen LogP contribution in [0.4, 0.5) is 0 Å². The molecule has 134 valence electrons. The predicted octanol–water partition coefficient (Wildman–Crippen LogP) is 5.24. The molecule has 0 saturated carbocycles. The topological polar surface area (TPSA) is 30.8 Å². The van der Waals surface area contributed by atoms with Crippen LogP contribution in [0.1, 0.15) is 64.4 Å². The largest absolute Gasteiger partial charge is 0.475 e. The molecule has 0 saturated heterocycles. The average molecular weight is 331 g/mol. The Morgan fingerprint density at radius 1 is 1.12 bits per heavy atom. The second kappa shape index (κ2) is 11.2. The van der Waals surface area contributed by atoms with Crippen molar-refractivity contribution >= 4 is 5.90 Å². The molecule has 0 amide bonds. The standard InChI is InChI=1S/C21H33NO2/c1-3-4-5-6-8-11-18(2)14-15-23-16-20-17-24-21(22-20)19-12-9-7-10-13-19/h7,9-10,12-13,18,20H,3-6,8,11,14-17H2,1-2H3/t18-,20-/m1/s1. The first-order valence-corrected chi connectivity index (χ1v) is 9.63. The van der Waals surface area contributed by atoms with E-state index in [0.29, 0.717) is 13.2 Å². The fourth-order valence-electron chi connectivity index (χ4n) is 2.98. The van der Waals surface area contributed by atoms with Crippen molar-refractivity contribution in [3.05, 3.63) is 35.9 Å². The van der Waals surface area contributed by atoms with Gasteiger partial charge in [0.15, 0.2) is 0 Å². The average Bonchev–Trinajstić information content (AvgIpc) is 3.08. The summed E-state index contributed by atoms with van der Waals surface area (Å²) in [5.74, 6) is 1.51. The van der Waals surface area contributed by atoms with Crippen molar-refractivity contribution in [2.45, 2.75) is 64.8 Å². The molecule has 2 rings (SSSR count). The number of hydrogen-bond acceptors (Lipinski definition) is 3. The van der Waals surface area contributed by atoms with Crippen molar-refractivity contribution in [3.63, 3.8) is 0 Å². The van der Waals surface area contributed by atoms with E-state index < -0.39 is 0 Å². The summed E-state index contributed by atoms with van der Waals surface area (Å²) in [4.78, 5) is 4.62. The molecule has 1 aliphatic rings. The van der Waals surface area contributed by atoms with Crippen LogP contribution in [0, 0.1) is 5.92 Å². The molecule has 1 aromatic carbocycles. The van der Waals surface area contributed by atoms with Crippen molar-refractivity contribution in [1.29, 1.82) is 0 Å². The summed E-state index contributed by atoms with van der Waals surface area (Å²) < 4.78 is 11.5. The van der Waals surface area contributed by atoms with E-state index >= 15 is 0 Å². The lowest BCUT2D eigenvalue weighted by Crippen LogP contribution is -2.16. The maximum Gasteiger partial charge on any atom is 0.216 e. The lowest BCUT2D eigenvalue weighted by atomic mass is 9.99. The SMILES string of the molecule is CCCCCCC[C@@H](C)CCOC[C@@H]1COC(c2ccccc2)=N1. The number of unbranched alkanes of at least 4 members (excludes halogenated alkanes) is 4. The van der Waals surface area contributed by atoms with Crippen LogP contribution in [0.25, 0.3) is 0 Å². The van der Waals surface area contributed by atoms with E-state index in [2.05, 4.69) is 18.8 Å². The lowest BCUT2D eigenvalue weighted by Gasteiger charge is -2.12. The van der Waals surface area contributed by atoms with E-state index in [1.807, 2.05) is 30.3 Å². The van der Waals surface area contributed by atoms with Crippen molar-refractivity contribution in [3.8, 4) is 0 Å². The van der Waals surface area contributed by atoms with Crippen LogP contribution in [0.5, 0.6) is 0 Å². The van der Waals surface area contributed by atoms with Crippen molar-refractivity contribution in [2.75, 3.05) is 19.8 Å². The third-order valence-electron chi connectivity index (χ3n) is 4.60. The highest BCUT2D eigenvalue weighted by Gasteiger charge is 2.20. The van der Waals surface area contributed by atoms with Crippen LogP contribution in [0.3, 0.4) is 0 Å². The molecule has 2 atom stereocenters. The molecular formula is C21H33NO2. The highest BCUT2D eigenvalue weighted by molar-refractivity contribution is 5.95. The summed E-state index contributed by atoms with van der Waals surface area (Å²) in [7, 11) is 0. The van der Waals surface area contributed by atoms with Gasteiger partial charge in [-0.3, -0.25) is 0 Å². The Morgan fingerprint density at radius 3 is 2.71 bits per heavy atom. The fraction of sp³-hybridized carbons (Fsp3) is 0.667. The van der Waals surface area contributed by atoms with Gasteiger partial charge in [0.05, 0.1) is 6.61 Å². The molecule has 0 N–H and O–H groups in total. The lowest BCUT2D eigenvalue weighted by molar-refractivity contribution is 0.101. The van der Waals surface area contributed by atoms with Gasteiger partial charge in [0.1, 0.15) is 12.6 Å². The van der Waals surface area contributed by atoms with Crippen LogP contribution in [-0.2, 0) is 9.47 Å². The smallest absolute Gasteiger partial charge is 0.216 e. The summed E-state index contributed by atoms with van der Waals surface area (Å²) >= 11 is 0. The third kappa shape index (κ3) is 7.04. The molecule has 1 aromatic rings. The van der Waals surface area contributed by atoms with Gasteiger partial charge in [-0.05, 0) is 24.5 Å². The zero-order valence-electron chi connectivity index (χ0n) is 15.4. The van der Waals surface area contributed by atoms with E-state index in [9.17, 15) is 0 Å². The van der Waals surface area contributed by atoms with Crippen LogP contribution >= 0.6 is 0 Å². The molecule has 0 spiro atoms. The Kier molecular flexibility index (Phi) is 8.90. The summed E-state index contributed by atoms with van der Waals surface area (Å²) in [6.45, 7) is 6.75. The molecule has 0 aromatic heterocycles. The number of hydrogen-bond donors (Lipinski definition) is 0. The Morgan fingerprint density at radius 2 is 1.92 bits per heavy atom. The highest BCUT2D eigenvalue weighted by atomic mass is 16.5. The number of aliphatic imine (C=N–C) groups is 1. The minimum atomic E-state index is 0.143. The number of benzene rings is 1. The predicted molar refractivity (Wildman–Crippen MR) is 101 cm³/mol. The maximum absolute atomic E-state index is 5.83. The summed E-state index contributed by atoms with van der Waals surface area (Å²) in [6, 6.07) is 10.2. The van der Waals surface area contributed by atoms with Crippen LogP contribution in [0.15, 0.2) is 35.3 Å². The quantitative estimate of drug-likeness (QED) is 0.491. The number of ether oxygens (including phenoxy) is 2. The van der Waals surface area contributed by atoms with Gasteiger partial charge >= 0.3 is 0 Å². The van der Waals surface area contributed by atoms with Gasteiger partial charge in [-0.25, -0.2) is 4.99 Å². The molecule has 0 radical (unpaired) electrons.